The molecule has 1 saturated heterocycles. The van der Waals surface area contributed by atoms with Crippen molar-refractivity contribution in [3.05, 3.63) is 29.8 Å². The number of benzene rings is 1. The van der Waals surface area contributed by atoms with Gasteiger partial charge in [0, 0.05) is 24.8 Å². The Morgan fingerprint density at radius 3 is 2.62 bits per heavy atom. The molecular weight excluding hydrogens is 268 g/mol. The van der Waals surface area contributed by atoms with Crippen molar-refractivity contribution in [1.82, 2.24) is 0 Å². The van der Waals surface area contributed by atoms with Crippen molar-refractivity contribution in [1.29, 1.82) is 0 Å². The summed E-state index contributed by atoms with van der Waals surface area (Å²) >= 11 is 0. The Kier molecular flexibility index (Phi) is 4.54. The summed E-state index contributed by atoms with van der Waals surface area (Å²) in [6.07, 6.45) is -0.311. The second kappa shape index (κ2) is 6.03. The van der Waals surface area contributed by atoms with Gasteiger partial charge < -0.3 is 20.5 Å². The van der Waals surface area contributed by atoms with E-state index in [1.807, 2.05) is 49.9 Å². The zero-order chi connectivity index (χ0) is 15.6. The zero-order valence-corrected chi connectivity index (χ0v) is 12.9. The van der Waals surface area contributed by atoms with Crippen LogP contribution in [0.3, 0.4) is 0 Å². The number of ether oxygens (including phenoxy) is 1. The number of hydrogen-bond donors (Lipinski definition) is 2. The van der Waals surface area contributed by atoms with Crippen LogP contribution in [0.5, 0.6) is 0 Å². The van der Waals surface area contributed by atoms with Gasteiger partial charge in [0.25, 0.3) is 0 Å². The molecule has 0 aromatic heterocycles. The van der Waals surface area contributed by atoms with Gasteiger partial charge in [-0.1, -0.05) is 18.2 Å². The number of carbonyl (C=O) groups excluding carboxylic acids is 1. The van der Waals surface area contributed by atoms with Gasteiger partial charge in [-0.05, 0) is 32.4 Å². The molecule has 21 heavy (non-hydrogen) atoms. The second-order valence-electron chi connectivity index (χ2n) is 6.53. The molecule has 2 rings (SSSR count). The van der Waals surface area contributed by atoms with Gasteiger partial charge in [-0.25, -0.2) is 0 Å². The van der Waals surface area contributed by atoms with Crippen molar-refractivity contribution in [2.24, 2.45) is 5.73 Å². The molecule has 116 valence electrons. The molecule has 1 fully saturated rings. The van der Waals surface area contributed by atoms with Gasteiger partial charge in [0.15, 0.2) is 0 Å². The van der Waals surface area contributed by atoms with Gasteiger partial charge in [0.2, 0.25) is 0 Å². The van der Waals surface area contributed by atoms with Crippen LogP contribution in [-0.4, -0.2) is 41.9 Å². The van der Waals surface area contributed by atoms with Crippen molar-refractivity contribution >= 4 is 11.7 Å². The zero-order valence-electron chi connectivity index (χ0n) is 12.9. The number of esters is 1. The molecule has 3 N–H and O–H groups in total. The quantitative estimate of drug-likeness (QED) is 0.815. The molecule has 0 amide bonds. The standard InChI is InChI=1S/C16H24N2O3/c1-16(2,3)21-15(20)8-11-6-4-5-7-13(11)18-9-12(17)14(19)10-18/h4-7,12,14,19H,8-10,17H2,1-3H3/t12-,14+/m0/s1. The van der Waals surface area contributed by atoms with Crippen LogP contribution in [0.25, 0.3) is 0 Å². The van der Waals surface area contributed by atoms with E-state index < -0.39 is 11.7 Å². The summed E-state index contributed by atoms with van der Waals surface area (Å²) in [7, 11) is 0. The van der Waals surface area contributed by atoms with Crippen LogP contribution >= 0.6 is 0 Å². The Hall–Kier alpha value is -1.59. The van der Waals surface area contributed by atoms with Crippen LogP contribution in [0.2, 0.25) is 0 Å². The van der Waals surface area contributed by atoms with Crippen molar-refractivity contribution in [2.75, 3.05) is 18.0 Å². The van der Waals surface area contributed by atoms with E-state index in [1.165, 1.54) is 0 Å². The van der Waals surface area contributed by atoms with Crippen molar-refractivity contribution < 1.29 is 14.6 Å². The summed E-state index contributed by atoms with van der Waals surface area (Å²) in [4.78, 5) is 14.0. The lowest BCUT2D eigenvalue weighted by Crippen LogP contribution is -2.32. The summed E-state index contributed by atoms with van der Waals surface area (Å²) in [5.41, 5.74) is 7.21. The Labute approximate surface area is 125 Å². The number of nitrogens with two attached hydrogens (primary N) is 1. The predicted molar refractivity (Wildman–Crippen MR) is 82.2 cm³/mol. The molecule has 0 radical (unpaired) electrons. The van der Waals surface area contributed by atoms with Crippen molar-refractivity contribution in [2.45, 2.75) is 44.9 Å². The van der Waals surface area contributed by atoms with E-state index in [-0.39, 0.29) is 18.4 Å². The molecule has 0 spiro atoms. The minimum absolute atomic E-state index is 0.218. The van der Waals surface area contributed by atoms with Gasteiger partial charge in [-0.15, -0.1) is 0 Å². The molecule has 5 nitrogen and oxygen atoms in total. The average molecular weight is 292 g/mol. The maximum absolute atomic E-state index is 12.0. The molecule has 0 bridgehead atoms. The third-order valence-corrected chi connectivity index (χ3v) is 3.42. The second-order valence-corrected chi connectivity index (χ2v) is 6.53. The predicted octanol–water partition coefficient (Wildman–Crippen LogP) is 1.08. The third kappa shape index (κ3) is 4.19. The van der Waals surface area contributed by atoms with Gasteiger partial charge in [-0.3, -0.25) is 4.79 Å². The monoisotopic (exact) mass is 292 g/mol. The Bertz CT molecular complexity index is 500. The lowest BCUT2D eigenvalue weighted by Gasteiger charge is -2.23. The Balaban J connectivity index is 2.12. The van der Waals surface area contributed by atoms with Crippen LogP contribution in [0, 0.1) is 0 Å². The number of rotatable bonds is 3. The number of carbonyl (C=O) groups is 1. The molecule has 1 aliphatic rings. The largest absolute Gasteiger partial charge is 0.460 e. The maximum Gasteiger partial charge on any atom is 0.310 e. The number of aliphatic hydroxyl groups is 1. The summed E-state index contributed by atoms with van der Waals surface area (Å²) in [6.45, 7) is 6.64. The highest BCUT2D eigenvalue weighted by Gasteiger charge is 2.29. The third-order valence-electron chi connectivity index (χ3n) is 3.42. The number of anilines is 1. The molecule has 1 aromatic rings. The van der Waals surface area contributed by atoms with Crippen LogP contribution in [0.1, 0.15) is 26.3 Å². The normalized spacial score (nSPS) is 22.4. The molecule has 0 saturated carbocycles. The molecule has 1 heterocycles. The SMILES string of the molecule is CC(C)(C)OC(=O)Cc1ccccc1N1C[C@@H](O)[C@@H](N)C1. The first-order valence-electron chi connectivity index (χ1n) is 7.24. The van der Waals surface area contributed by atoms with Gasteiger partial charge in [0.05, 0.1) is 12.5 Å². The lowest BCUT2D eigenvalue weighted by atomic mass is 10.1. The van der Waals surface area contributed by atoms with E-state index in [4.69, 9.17) is 10.5 Å². The van der Waals surface area contributed by atoms with E-state index in [2.05, 4.69) is 0 Å². The maximum atomic E-state index is 12.0. The smallest absolute Gasteiger partial charge is 0.310 e. The van der Waals surface area contributed by atoms with E-state index in [0.29, 0.717) is 13.1 Å². The molecule has 0 unspecified atom stereocenters. The number of nitrogens with zero attached hydrogens (tertiary/aromatic N) is 1. The summed E-state index contributed by atoms with van der Waals surface area (Å²) in [5, 5.41) is 9.80. The van der Waals surface area contributed by atoms with Crippen molar-refractivity contribution in [3.63, 3.8) is 0 Å². The first-order chi connectivity index (χ1) is 9.76. The molecular formula is C16H24N2O3. The Morgan fingerprint density at radius 2 is 2.05 bits per heavy atom. The number of para-hydroxylation sites is 1. The topological polar surface area (TPSA) is 75.8 Å². The molecule has 5 heteroatoms. The lowest BCUT2D eigenvalue weighted by molar-refractivity contribution is -0.153. The highest BCUT2D eigenvalue weighted by molar-refractivity contribution is 5.76. The first-order valence-corrected chi connectivity index (χ1v) is 7.24. The van der Waals surface area contributed by atoms with Gasteiger partial charge in [0.1, 0.15) is 5.60 Å². The van der Waals surface area contributed by atoms with Gasteiger partial charge in [-0.2, -0.15) is 0 Å². The van der Waals surface area contributed by atoms with Crippen LogP contribution in [0.4, 0.5) is 5.69 Å². The Morgan fingerprint density at radius 1 is 1.38 bits per heavy atom. The summed E-state index contributed by atoms with van der Waals surface area (Å²) < 4.78 is 5.37. The fraction of sp³-hybridized carbons (Fsp3) is 0.562. The number of β-amino-alcohol motifs (C(OH)–C–C–N with tert-alkyl or cyclic N) is 1. The molecule has 2 atom stereocenters. The van der Waals surface area contributed by atoms with E-state index in [0.717, 1.165) is 11.3 Å². The van der Waals surface area contributed by atoms with E-state index in [1.54, 1.807) is 0 Å². The minimum Gasteiger partial charge on any atom is -0.460 e. The van der Waals surface area contributed by atoms with E-state index in [9.17, 15) is 9.90 Å². The van der Waals surface area contributed by atoms with Crippen LogP contribution in [-0.2, 0) is 16.0 Å². The van der Waals surface area contributed by atoms with Gasteiger partial charge >= 0.3 is 5.97 Å². The van der Waals surface area contributed by atoms with Crippen LogP contribution in [0.15, 0.2) is 24.3 Å². The summed E-state index contributed by atoms with van der Waals surface area (Å²) in [6, 6.07) is 7.43. The average Bonchev–Trinajstić information content (AvgIpc) is 2.67. The fourth-order valence-corrected chi connectivity index (χ4v) is 2.51. The first kappa shape index (κ1) is 15.8. The molecule has 0 aliphatic carbocycles. The minimum atomic E-state index is -0.528. The number of aliphatic hydroxyl groups excluding tert-OH is 1. The van der Waals surface area contributed by atoms with Crippen LogP contribution < -0.4 is 10.6 Å². The van der Waals surface area contributed by atoms with Crippen molar-refractivity contribution in [3.8, 4) is 0 Å². The molecule has 1 aliphatic heterocycles. The molecule has 1 aromatic carbocycles. The van der Waals surface area contributed by atoms with E-state index >= 15 is 0 Å². The highest BCUT2D eigenvalue weighted by Crippen LogP contribution is 2.25. The highest BCUT2D eigenvalue weighted by atomic mass is 16.6. The fourth-order valence-electron chi connectivity index (χ4n) is 2.51. The number of hydrogen-bond acceptors (Lipinski definition) is 5. The summed E-state index contributed by atoms with van der Waals surface area (Å²) in [5.74, 6) is -0.251.